The van der Waals surface area contributed by atoms with Crippen LogP contribution in [0.15, 0.2) is 43.0 Å². The van der Waals surface area contributed by atoms with Crippen molar-refractivity contribution in [2.24, 2.45) is 0 Å². The highest BCUT2D eigenvalue weighted by atomic mass is 16.2. The van der Waals surface area contributed by atoms with Gasteiger partial charge in [-0.3, -0.25) is 14.8 Å². The molecule has 2 aromatic heterocycles. The zero-order valence-electron chi connectivity index (χ0n) is 13.3. The first-order valence-corrected chi connectivity index (χ1v) is 7.56. The second-order valence-corrected chi connectivity index (χ2v) is 5.26. The monoisotopic (exact) mass is 309 g/mol. The zero-order chi connectivity index (χ0) is 16.4. The molecule has 6 heteroatoms. The number of imidazole rings is 1. The van der Waals surface area contributed by atoms with E-state index in [0.717, 1.165) is 16.7 Å². The Morgan fingerprint density at radius 1 is 1.39 bits per heavy atom. The van der Waals surface area contributed by atoms with E-state index in [2.05, 4.69) is 22.0 Å². The second kappa shape index (κ2) is 6.08. The minimum absolute atomic E-state index is 0.215. The van der Waals surface area contributed by atoms with Gasteiger partial charge < -0.3 is 4.57 Å². The highest BCUT2D eigenvalue weighted by molar-refractivity contribution is 6.03. The molecule has 6 nitrogen and oxygen atoms in total. The van der Waals surface area contributed by atoms with Crippen LogP contribution in [-0.4, -0.2) is 25.2 Å². The summed E-state index contributed by atoms with van der Waals surface area (Å²) < 4.78 is 3.62. The molecule has 0 fully saturated rings. The summed E-state index contributed by atoms with van der Waals surface area (Å²) in [6.45, 7) is 8.81. The van der Waals surface area contributed by atoms with Crippen molar-refractivity contribution in [1.29, 1.82) is 0 Å². The van der Waals surface area contributed by atoms with Crippen LogP contribution < -0.4 is 5.32 Å². The summed E-state index contributed by atoms with van der Waals surface area (Å²) in [5.74, 6) is 0.297. The lowest BCUT2D eigenvalue weighted by atomic mass is 10.3. The number of allylic oxidation sites excluding steroid dienone is 1. The topological polar surface area (TPSA) is 64.7 Å². The minimum atomic E-state index is -0.215. The van der Waals surface area contributed by atoms with Gasteiger partial charge in [0.15, 0.2) is 0 Å². The van der Waals surface area contributed by atoms with Gasteiger partial charge in [0, 0.05) is 13.1 Å². The molecule has 0 atom stereocenters. The number of hydrogen-bond acceptors (Lipinski definition) is 3. The number of rotatable bonds is 5. The smallest absolute Gasteiger partial charge is 0.276 e. The number of nitrogens with one attached hydrogen (secondary N) is 1. The van der Waals surface area contributed by atoms with E-state index in [1.165, 1.54) is 0 Å². The summed E-state index contributed by atoms with van der Waals surface area (Å²) in [5.41, 5.74) is 3.14. The Kier molecular flexibility index (Phi) is 3.97. The average Bonchev–Trinajstić information content (AvgIpc) is 3.09. The molecular weight excluding hydrogens is 290 g/mol. The molecule has 0 bridgehead atoms. The van der Waals surface area contributed by atoms with Gasteiger partial charge in [-0.05, 0) is 32.0 Å². The predicted molar refractivity (Wildman–Crippen MR) is 90.5 cm³/mol. The van der Waals surface area contributed by atoms with Crippen LogP contribution >= 0.6 is 0 Å². The molecule has 0 saturated heterocycles. The molecule has 0 saturated carbocycles. The van der Waals surface area contributed by atoms with Crippen molar-refractivity contribution < 1.29 is 4.79 Å². The maximum Gasteiger partial charge on any atom is 0.276 e. The molecule has 2 heterocycles. The zero-order valence-corrected chi connectivity index (χ0v) is 13.3. The van der Waals surface area contributed by atoms with Crippen molar-refractivity contribution in [2.45, 2.75) is 26.9 Å². The van der Waals surface area contributed by atoms with Gasteiger partial charge in [0.2, 0.25) is 5.95 Å². The lowest BCUT2D eigenvalue weighted by molar-refractivity contribution is 0.101. The highest BCUT2D eigenvalue weighted by Crippen LogP contribution is 2.20. The van der Waals surface area contributed by atoms with Crippen LogP contribution in [0.5, 0.6) is 0 Å². The Labute approximate surface area is 134 Å². The molecule has 0 radical (unpaired) electrons. The molecule has 0 aliphatic carbocycles. The third-order valence-electron chi connectivity index (χ3n) is 3.63. The minimum Gasteiger partial charge on any atom is -0.306 e. The van der Waals surface area contributed by atoms with Gasteiger partial charge in [0.25, 0.3) is 5.91 Å². The number of benzene rings is 1. The van der Waals surface area contributed by atoms with Gasteiger partial charge in [-0.1, -0.05) is 18.2 Å². The van der Waals surface area contributed by atoms with E-state index in [9.17, 15) is 4.79 Å². The standard InChI is InChI=1S/C17H19N5O/c1-4-10-21-14-9-7-6-8-13(14)18-17(21)19-16(23)15-11-12(3)20-22(15)5-2/h4,6-9,11H,1,5,10H2,2-3H3,(H,18,19,23). The fourth-order valence-electron chi connectivity index (χ4n) is 2.62. The van der Waals surface area contributed by atoms with E-state index >= 15 is 0 Å². The molecule has 3 rings (SSSR count). The summed E-state index contributed by atoms with van der Waals surface area (Å²) in [6.07, 6.45) is 1.78. The van der Waals surface area contributed by atoms with Crippen LogP contribution in [0.25, 0.3) is 11.0 Å². The van der Waals surface area contributed by atoms with E-state index < -0.39 is 0 Å². The summed E-state index contributed by atoms with van der Waals surface area (Å²) >= 11 is 0. The Morgan fingerprint density at radius 2 is 2.17 bits per heavy atom. The number of amides is 1. The van der Waals surface area contributed by atoms with E-state index in [0.29, 0.717) is 24.7 Å². The van der Waals surface area contributed by atoms with Gasteiger partial charge in [-0.2, -0.15) is 5.10 Å². The number of hydrogen-bond donors (Lipinski definition) is 1. The first-order valence-electron chi connectivity index (χ1n) is 7.56. The van der Waals surface area contributed by atoms with Crippen molar-refractivity contribution in [3.05, 3.63) is 54.4 Å². The van der Waals surface area contributed by atoms with E-state index in [1.54, 1.807) is 16.8 Å². The van der Waals surface area contributed by atoms with Gasteiger partial charge in [0.05, 0.1) is 16.7 Å². The van der Waals surface area contributed by atoms with Crippen LogP contribution in [0, 0.1) is 6.92 Å². The maximum atomic E-state index is 12.6. The normalized spacial score (nSPS) is 10.9. The second-order valence-electron chi connectivity index (χ2n) is 5.26. The molecule has 1 amide bonds. The number of aryl methyl sites for hydroxylation is 2. The lowest BCUT2D eigenvalue weighted by Crippen LogP contribution is -2.19. The van der Waals surface area contributed by atoms with Gasteiger partial charge in [0.1, 0.15) is 5.69 Å². The van der Waals surface area contributed by atoms with Crippen LogP contribution in [0.4, 0.5) is 5.95 Å². The van der Waals surface area contributed by atoms with Crippen molar-refractivity contribution in [2.75, 3.05) is 5.32 Å². The van der Waals surface area contributed by atoms with Crippen LogP contribution in [0.3, 0.4) is 0 Å². The van der Waals surface area contributed by atoms with Gasteiger partial charge in [-0.15, -0.1) is 6.58 Å². The van der Waals surface area contributed by atoms with E-state index in [1.807, 2.05) is 42.7 Å². The quantitative estimate of drug-likeness (QED) is 0.737. The van der Waals surface area contributed by atoms with Crippen LogP contribution in [0.2, 0.25) is 0 Å². The predicted octanol–water partition coefficient (Wildman–Crippen LogP) is 3.00. The first-order chi connectivity index (χ1) is 11.1. The molecular formula is C17H19N5O. The fraction of sp³-hybridized carbons (Fsp3) is 0.235. The van der Waals surface area contributed by atoms with Crippen molar-refractivity contribution in [3.8, 4) is 0 Å². The molecule has 0 unspecified atom stereocenters. The third-order valence-corrected chi connectivity index (χ3v) is 3.63. The molecule has 23 heavy (non-hydrogen) atoms. The molecule has 1 N–H and O–H groups in total. The highest BCUT2D eigenvalue weighted by Gasteiger charge is 2.17. The fourth-order valence-corrected chi connectivity index (χ4v) is 2.62. The molecule has 0 aliphatic heterocycles. The first kappa shape index (κ1) is 15.0. The Bertz CT molecular complexity index is 874. The molecule has 3 aromatic rings. The average molecular weight is 309 g/mol. The summed E-state index contributed by atoms with van der Waals surface area (Å²) in [5, 5.41) is 7.20. The third kappa shape index (κ3) is 2.75. The molecule has 0 aliphatic rings. The lowest BCUT2D eigenvalue weighted by Gasteiger charge is -2.08. The summed E-state index contributed by atoms with van der Waals surface area (Å²) in [4.78, 5) is 17.1. The Morgan fingerprint density at radius 3 is 2.91 bits per heavy atom. The van der Waals surface area contributed by atoms with Crippen molar-refractivity contribution >= 4 is 22.9 Å². The van der Waals surface area contributed by atoms with Crippen LogP contribution in [0.1, 0.15) is 23.1 Å². The number of anilines is 1. The number of carbonyl (C=O) groups excluding carboxylic acids is 1. The van der Waals surface area contributed by atoms with Gasteiger partial charge >= 0.3 is 0 Å². The molecule has 1 aromatic carbocycles. The van der Waals surface area contributed by atoms with Crippen molar-refractivity contribution in [3.63, 3.8) is 0 Å². The van der Waals surface area contributed by atoms with E-state index in [-0.39, 0.29) is 5.91 Å². The number of aromatic nitrogens is 4. The number of carbonyl (C=O) groups is 1. The van der Waals surface area contributed by atoms with Crippen LogP contribution in [-0.2, 0) is 13.1 Å². The number of nitrogens with zero attached hydrogens (tertiary/aromatic N) is 4. The Balaban J connectivity index is 1.98. The van der Waals surface area contributed by atoms with Gasteiger partial charge in [-0.25, -0.2) is 4.98 Å². The van der Waals surface area contributed by atoms with Crippen molar-refractivity contribution in [1.82, 2.24) is 19.3 Å². The SMILES string of the molecule is C=CCn1c(NC(=O)c2cc(C)nn2CC)nc2ccccc21. The molecule has 118 valence electrons. The molecule has 0 spiro atoms. The largest absolute Gasteiger partial charge is 0.306 e. The Hall–Kier alpha value is -2.89. The summed E-state index contributed by atoms with van der Waals surface area (Å²) in [6, 6.07) is 9.55. The maximum absolute atomic E-state index is 12.6. The summed E-state index contributed by atoms with van der Waals surface area (Å²) in [7, 11) is 0. The number of fused-ring (bicyclic) bond motifs is 1. The van der Waals surface area contributed by atoms with E-state index in [4.69, 9.17) is 0 Å². The number of para-hydroxylation sites is 2.